The second-order valence-corrected chi connectivity index (χ2v) is 5.80. The number of carbonyl (C=O) groups is 2. The Hall–Kier alpha value is -1.40. The number of carbonyl (C=O) groups excluding carboxylic acids is 2. The van der Waals surface area contributed by atoms with Crippen LogP contribution in [0, 0.1) is 0 Å². The van der Waals surface area contributed by atoms with E-state index >= 15 is 0 Å². The van der Waals surface area contributed by atoms with E-state index in [4.69, 9.17) is 18.9 Å². The number of ether oxygens (including phenoxy) is 4. The van der Waals surface area contributed by atoms with Crippen LogP contribution in [0.5, 0.6) is 0 Å². The van der Waals surface area contributed by atoms with Gasteiger partial charge in [-0.05, 0) is 18.9 Å². The van der Waals surface area contributed by atoms with Crippen LogP contribution in [0.4, 0.5) is 0 Å². The van der Waals surface area contributed by atoms with E-state index in [-0.39, 0.29) is 12.7 Å². The van der Waals surface area contributed by atoms with Crippen LogP contribution in [-0.2, 0) is 28.5 Å². The Morgan fingerprint density at radius 3 is 2.55 bits per heavy atom. The molecule has 0 saturated heterocycles. The summed E-state index contributed by atoms with van der Waals surface area (Å²) in [6.07, 6.45) is 9.11. The first-order valence-electron chi connectivity index (χ1n) is 7.82. The average Bonchev–Trinajstić information content (AvgIpc) is 2.46. The highest BCUT2D eigenvalue weighted by Gasteiger charge is 2.40. The Balaban J connectivity index is 1.98. The second-order valence-electron chi connectivity index (χ2n) is 5.80. The number of hydrogen-bond acceptors (Lipinski definition) is 6. The fraction of sp³-hybridized carbons (Fsp3) is 0.750. The van der Waals surface area contributed by atoms with Crippen molar-refractivity contribution in [2.45, 2.75) is 70.6 Å². The summed E-state index contributed by atoms with van der Waals surface area (Å²) in [5.74, 6) is -2.24. The molecule has 22 heavy (non-hydrogen) atoms. The lowest BCUT2D eigenvalue weighted by molar-refractivity contribution is -0.308. The molecule has 0 aromatic rings. The molecule has 0 N–H and O–H groups in total. The van der Waals surface area contributed by atoms with Gasteiger partial charge in [0, 0.05) is 20.3 Å². The van der Waals surface area contributed by atoms with Crippen LogP contribution in [0.3, 0.4) is 0 Å². The van der Waals surface area contributed by atoms with E-state index in [1.807, 2.05) is 12.2 Å². The molecule has 6 heteroatoms. The molecular weight excluding hydrogens is 288 g/mol. The molecule has 6 nitrogen and oxygen atoms in total. The van der Waals surface area contributed by atoms with E-state index < -0.39 is 24.0 Å². The Kier molecular flexibility index (Phi) is 5.97. The van der Waals surface area contributed by atoms with Gasteiger partial charge in [-0.15, -0.1) is 0 Å². The average molecular weight is 312 g/mol. The van der Waals surface area contributed by atoms with Crippen molar-refractivity contribution in [2.24, 2.45) is 0 Å². The van der Waals surface area contributed by atoms with Crippen molar-refractivity contribution < 1.29 is 28.5 Å². The molecule has 0 aromatic heterocycles. The van der Waals surface area contributed by atoms with Crippen molar-refractivity contribution >= 4 is 11.9 Å². The maximum Gasteiger partial charge on any atom is 0.305 e. The SMILES string of the molecule is CC(=O)OC[C@]1(OC(C)=O)CC=C[C@@H](OC2CCCCC2)O1. The molecule has 124 valence electrons. The minimum Gasteiger partial charge on any atom is -0.459 e. The van der Waals surface area contributed by atoms with Crippen LogP contribution < -0.4 is 0 Å². The summed E-state index contributed by atoms with van der Waals surface area (Å²) in [6.45, 7) is 2.46. The third-order valence-electron chi connectivity index (χ3n) is 3.76. The minimum atomic E-state index is -1.30. The standard InChI is InChI=1S/C16H24O6/c1-12(17)19-11-16(21-13(2)18)10-6-9-15(22-16)20-14-7-4-3-5-8-14/h6,9,14-15H,3-5,7-8,10-11H2,1-2H3/t15-,16-/m0/s1. The third kappa shape index (κ3) is 5.10. The van der Waals surface area contributed by atoms with E-state index in [1.165, 1.54) is 20.3 Å². The van der Waals surface area contributed by atoms with Gasteiger partial charge in [0.05, 0.1) is 6.10 Å². The number of esters is 2. The van der Waals surface area contributed by atoms with Crippen LogP contribution in [0.25, 0.3) is 0 Å². The third-order valence-corrected chi connectivity index (χ3v) is 3.76. The summed E-state index contributed by atoms with van der Waals surface area (Å²) in [6, 6.07) is 0. The first-order chi connectivity index (χ1) is 10.5. The van der Waals surface area contributed by atoms with Crippen LogP contribution in [0.15, 0.2) is 12.2 Å². The zero-order valence-electron chi connectivity index (χ0n) is 13.2. The van der Waals surface area contributed by atoms with Crippen LogP contribution in [-0.4, -0.2) is 36.7 Å². The van der Waals surface area contributed by atoms with Gasteiger partial charge in [-0.2, -0.15) is 0 Å². The first kappa shape index (κ1) is 17.0. The lowest BCUT2D eigenvalue weighted by atomic mass is 9.98. The van der Waals surface area contributed by atoms with Crippen LogP contribution in [0.1, 0.15) is 52.4 Å². The van der Waals surface area contributed by atoms with Crippen molar-refractivity contribution in [2.75, 3.05) is 6.61 Å². The highest BCUT2D eigenvalue weighted by Crippen LogP contribution is 2.30. The molecule has 2 aliphatic rings. The zero-order valence-corrected chi connectivity index (χ0v) is 13.2. The van der Waals surface area contributed by atoms with E-state index in [0.29, 0.717) is 6.42 Å². The summed E-state index contributed by atoms with van der Waals surface area (Å²) in [7, 11) is 0. The van der Waals surface area contributed by atoms with Gasteiger partial charge in [-0.1, -0.05) is 25.3 Å². The van der Waals surface area contributed by atoms with Crippen LogP contribution in [0.2, 0.25) is 0 Å². The van der Waals surface area contributed by atoms with Gasteiger partial charge in [-0.25, -0.2) is 0 Å². The molecular formula is C16H24O6. The molecule has 0 unspecified atom stereocenters. The second kappa shape index (κ2) is 7.74. The smallest absolute Gasteiger partial charge is 0.305 e. The molecule has 0 amide bonds. The van der Waals surface area contributed by atoms with Crippen LogP contribution >= 0.6 is 0 Å². The van der Waals surface area contributed by atoms with Gasteiger partial charge in [0.15, 0.2) is 12.9 Å². The minimum absolute atomic E-state index is 0.142. The van der Waals surface area contributed by atoms with E-state index in [2.05, 4.69) is 0 Å². The topological polar surface area (TPSA) is 71.1 Å². The van der Waals surface area contributed by atoms with E-state index in [1.54, 1.807) is 0 Å². The fourth-order valence-corrected chi connectivity index (χ4v) is 2.78. The van der Waals surface area contributed by atoms with Crippen molar-refractivity contribution in [3.05, 3.63) is 12.2 Å². The predicted molar refractivity (Wildman–Crippen MR) is 77.7 cm³/mol. The number of hydrogen-bond donors (Lipinski definition) is 0. The molecule has 0 radical (unpaired) electrons. The van der Waals surface area contributed by atoms with Gasteiger partial charge >= 0.3 is 11.9 Å². The lowest BCUT2D eigenvalue weighted by Gasteiger charge is -2.38. The van der Waals surface area contributed by atoms with Crippen molar-refractivity contribution in [1.29, 1.82) is 0 Å². The van der Waals surface area contributed by atoms with Crippen molar-refractivity contribution in [1.82, 2.24) is 0 Å². The molecule has 1 aliphatic heterocycles. The van der Waals surface area contributed by atoms with Gasteiger partial charge in [-0.3, -0.25) is 9.59 Å². The summed E-state index contributed by atoms with van der Waals surface area (Å²) in [4.78, 5) is 22.4. The molecule has 0 bridgehead atoms. The van der Waals surface area contributed by atoms with Gasteiger partial charge < -0.3 is 18.9 Å². The quantitative estimate of drug-likeness (QED) is 0.573. The van der Waals surface area contributed by atoms with E-state index in [0.717, 1.165) is 25.7 Å². The predicted octanol–water partition coefficient (Wildman–Crippen LogP) is 2.46. The highest BCUT2D eigenvalue weighted by molar-refractivity contribution is 5.67. The van der Waals surface area contributed by atoms with E-state index in [9.17, 15) is 9.59 Å². The van der Waals surface area contributed by atoms with Gasteiger partial charge in [0.1, 0.15) is 0 Å². The number of rotatable bonds is 5. The van der Waals surface area contributed by atoms with Gasteiger partial charge in [0.25, 0.3) is 5.79 Å². The lowest BCUT2D eigenvalue weighted by Crippen LogP contribution is -2.48. The molecule has 1 saturated carbocycles. The molecule has 1 aliphatic carbocycles. The maximum atomic E-state index is 11.4. The Morgan fingerprint density at radius 1 is 1.18 bits per heavy atom. The molecule has 2 atom stereocenters. The highest BCUT2D eigenvalue weighted by atomic mass is 16.8. The fourth-order valence-electron chi connectivity index (χ4n) is 2.78. The zero-order chi connectivity index (χ0) is 16.0. The summed E-state index contributed by atoms with van der Waals surface area (Å²) in [5, 5.41) is 0. The molecule has 2 rings (SSSR count). The maximum absolute atomic E-state index is 11.4. The summed E-state index contributed by atoms with van der Waals surface area (Å²) < 4.78 is 22.0. The molecule has 1 fully saturated rings. The van der Waals surface area contributed by atoms with Crippen molar-refractivity contribution in [3.63, 3.8) is 0 Å². The normalized spacial score (nSPS) is 29.1. The molecule has 0 spiro atoms. The molecule has 1 heterocycles. The summed E-state index contributed by atoms with van der Waals surface area (Å²) in [5.41, 5.74) is 0. The largest absolute Gasteiger partial charge is 0.459 e. The molecule has 0 aromatic carbocycles. The Morgan fingerprint density at radius 2 is 1.91 bits per heavy atom. The van der Waals surface area contributed by atoms with Crippen molar-refractivity contribution in [3.8, 4) is 0 Å². The Labute approximate surface area is 130 Å². The summed E-state index contributed by atoms with van der Waals surface area (Å²) >= 11 is 0. The monoisotopic (exact) mass is 312 g/mol. The Bertz CT molecular complexity index is 426. The van der Waals surface area contributed by atoms with Gasteiger partial charge in [0.2, 0.25) is 0 Å². The first-order valence-corrected chi connectivity index (χ1v) is 7.82.